The van der Waals surface area contributed by atoms with Gasteiger partial charge in [0.1, 0.15) is 29.4 Å². The second-order valence-electron chi connectivity index (χ2n) is 3.85. The molecule has 0 amide bonds. The number of hydrogen-bond acceptors (Lipinski definition) is 6. The van der Waals surface area contributed by atoms with E-state index in [1.807, 2.05) is 4.90 Å². The summed E-state index contributed by atoms with van der Waals surface area (Å²) in [7, 11) is 3.33. The van der Waals surface area contributed by atoms with Crippen LogP contribution < -0.4 is 10.6 Å². The number of halogens is 1. The van der Waals surface area contributed by atoms with E-state index < -0.39 is 0 Å². The first-order chi connectivity index (χ1) is 8.17. The van der Waals surface area contributed by atoms with Gasteiger partial charge in [0.25, 0.3) is 0 Å². The van der Waals surface area contributed by atoms with E-state index in [4.69, 9.17) is 26.8 Å². The van der Waals surface area contributed by atoms with Crippen molar-refractivity contribution in [3.63, 3.8) is 0 Å². The Morgan fingerprint density at radius 3 is 2.41 bits per heavy atom. The summed E-state index contributed by atoms with van der Waals surface area (Å²) in [4.78, 5) is 9.97. The van der Waals surface area contributed by atoms with Crippen LogP contribution in [0, 0.1) is 0 Å². The summed E-state index contributed by atoms with van der Waals surface area (Å²) in [6.07, 6.45) is 1.41. The van der Waals surface area contributed by atoms with Crippen LogP contribution in [0.3, 0.4) is 0 Å². The molecule has 2 atom stereocenters. The molecule has 1 saturated heterocycles. The predicted molar refractivity (Wildman–Crippen MR) is 65.3 cm³/mol. The van der Waals surface area contributed by atoms with Crippen LogP contribution >= 0.6 is 11.6 Å². The zero-order valence-corrected chi connectivity index (χ0v) is 10.5. The van der Waals surface area contributed by atoms with Gasteiger partial charge in [-0.1, -0.05) is 11.6 Å². The summed E-state index contributed by atoms with van der Waals surface area (Å²) >= 11 is 6.08. The van der Waals surface area contributed by atoms with Crippen LogP contribution in [-0.4, -0.2) is 49.5 Å². The zero-order valence-electron chi connectivity index (χ0n) is 9.76. The highest BCUT2D eigenvalue weighted by Gasteiger charge is 2.34. The van der Waals surface area contributed by atoms with Gasteiger partial charge in [-0.25, -0.2) is 9.97 Å². The van der Waals surface area contributed by atoms with Crippen LogP contribution in [0.4, 0.5) is 11.6 Å². The number of methoxy groups -OCH3 is 2. The average Bonchev–Trinajstić information content (AvgIpc) is 2.75. The first-order valence-corrected chi connectivity index (χ1v) is 5.61. The lowest BCUT2D eigenvalue weighted by Crippen LogP contribution is -2.27. The second kappa shape index (κ2) is 5.03. The monoisotopic (exact) mass is 258 g/mol. The zero-order chi connectivity index (χ0) is 12.4. The SMILES string of the molecule is COC1CN(c2ncnc(N)c2Cl)CC1OC. The lowest BCUT2D eigenvalue weighted by atomic mass is 10.3. The Labute approximate surface area is 105 Å². The summed E-state index contributed by atoms with van der Waals surface area (Å²) < 4.78 is 10.7. The van der Waals surface area contributed by atoms with Crippen molar-refractivity contribution in [2.45, 2.75) is 12.2 Å². The quantitative estimate of drug-likeness (QED) is 0.854. The molecule has 2 heterocycles. The first kappa shape index (κ1) is 12.3. The standard InChI is InChI=1S/C10H15ClN4O2/c1-16-6-3-15(4-7(6)17-2)10-8(11)9(12)13-5-14-10/h5-7H,3-4H2,1-2H3,(H2,12,13,14). The molecule has 0 aliphatic carbocycles. The molecule has 1 aromatic heterocycles. The van der Waals surface area contributed by atoms with Crippen molar-refractivity contribution >= 4 is 23.2 Å². The fourth-order valence-electron chi connectivity index (χ4n) is 1.96. The molecule has 1 fully saturated rings. The van der Waals surface area contributed by atoms with Gasteiger partial charge < -0.3 is 20.1 Å². The summed E-state index contributed by atoms with van der Waals surface area (Å²) in [5.41, 5.74) is 5.65. The van der Waals surface area contributed by atoms with Gasteiger partial charge in [-0.05, 0) is 0 Å². The number of aromatic nitrogens is 2. The molecule has 0 aromatic carbocycles. The maximum atomic E-state index is 6.08. The number of ether oxygens (including phenoxy) is 2. The molecule has 1 aliphatic heterocycles. The van der Waals surface area contributed by atoms with Gasteiger partial charge >= 0.3 is 0 Å². The molecule has 6 nitrogen and oxygen atoms in total. The van der Waals surface area contributed by atoms with Crippen LogP contribution in [0.15, 0.2) is 6.33 Å². The molecule has 1 aromatic rings. The smallest absolute Gasteiger partial charge is 0.153 e. The summed E-state index contributed by atoms with van der Waals surface area (Å²) in [5, 5.41) is 0.374. The van der Waals surface area contributed by atoms with E-state index in [-0.39, 0.29) is 18.0 Å². The van der Waals surface area contributed by atoms with Gasteiger partial charge in [-0.2, -0.15) is 0 Å². The number of hydrogen-bond donors (Lipinski definition) is 1. The van der Waals surface area contributed by atoms with Gasteiger partial charge in [0.15, 0.2) is 5.82 Å². The topological polar surface area (TPSA) is 73.5 Å². The van der Waals surface area contributed by atoms with Crippen molar-refractivity contribution < 1.29 is 9.47 Å². The van der Waals surface area contributed by atoms with Gasteiger partial charge in [-0.15, -0.1) is 0 Å². The minimum atomic E-state index is 0.00672. The lowest BCUT2D eigenvalue weighted by Gasteiger charge is -2.18. The largest absolute Gasteiger partial charge is 0.382 e. The van der Waals surface area contributed by atoms with Crippen LogP contribution in [0.2, 0.25) is 5.02 Å². The summed E-state index contributed by atoms with van der Waals surface area (Å²) in [6, 6.07) is 0. The molecule has 1 aliphatic rings. The van der Waals surface area contributed by atoms with E-state index in [1.54, 1.807) is 14.2 Å². The highest BCUT2D eigenvalue weighted by atomic mass is 35.5. The van der Waals surface area contributed by atoms with Crippen LogP contribution in [0.25, 0.3) is 0 Å². The molecule has 0 saturated carbocycles. The van der Waals surface area contributed by atoms with E-state index >= 15 is 0 Å². The number of nitrogens with two attached hydrogens (primary N) is 1. The Bertz CT molecular complexity index is 392. The molecule has 94 valence electrons. The summed E-state index contributed by atoms with van der Waals surface area (Å²) in [6.45, 7) is 1.34. The maximum Gasteiger partial charge on any atom is 0.153 e. The fraction of sp³-hybridized carbons (Fsp3) is 0.600. The molecule has 0 spiro atoms. The second-order valence-corrected chi connectivity index (χ2v) is 4.23. The lowest BCUT2D eigenvalue weighted by molar-refractivity contribution is -0.00461. The maximum absolute atomic E-state index is 6.08. The highest BCUT2D eigenvalue weighted by Crippen LogP contribution is 2.30. The van der Waals surface area contributed by atoms with Gasteiger partial charge in [-0.3, -0.25) is 0 Å². The Morgan fingerprint density at radius 2 is 1.88 bits per heavy atom. The average molecular weight is 259 g/mol. The number of nitrogens with zero attached hydrogens (tertiary/aromatic N) is 3. The van der Waals surface area contributed by atoms with Crippen molar-refractivity contribution in [1.82, 2.24) is 9.97 Å². The molecule has 2 N–H and O–H groups in total. The third-order valence-corrected chi connectivity index (χ3v) is 3.28. The van der Waals surface area contributed by atoms with E-state index in [2.05, 4.69) is 9.97 Å². The molecule has 0 bridgehead atoms. The number of rotatable bonds is 3. The Morgan fingerprint density at radius 1 is 1.29 bits per heavy atom. The normalized spacial score (nSPS) is 24.3. The Balaban J connectivity index is 2.22. The van der Waals surface area contributed by atoms with Crippen LogP contribution in [-0.2, 0) is 9.47 Å². The fourth-order valence-corrected chi connectivity index (χ4v) is 2.18. The van der Waals surface area contributed by atoms with E-state index in [0.717, 1.165) is 0 Å². The van der Waals surface area contributed by atoms with E-state index in [9.17, 15) is 0 Å². The van der Waals surface area contributed by atoms with Crippen molar-refractivity contribution in [3.8, 4) is 0 Å². The molecular formula is C10H15ClN4O2. The number of nitrogen functional groups attached to an aromatic ring is 1. The predicted octanol–water partition coefficient (Wildman–Crippen LogP) is 0.562. The highest BCUT2D eigenvalue weighted by molar-refractivity contribution is 6.35. The van der Waals surface area contributed by atoms with E-state index in [1.165, 1.54) is 6.33 Å². The van der Waals surface area contributed by atoms with Crippen molar-refractivity contribution in [2.24, 2.45) is 0 Å². The summed E-state index contributed by atoms with van der Waals surface area (Å²) in [5.74, 6) is 0.910. The van der Waals surface area contributed by atoms with Crippen molar-refractivity contribution in [1.29, 1.82) is 0 Å². The van der Waals surface area contributed by atoms with Crippen LogP contribution in [0.5, 0.6) is 0 Å². The molecule has 2 unspecified atom stereocenters. The third kappa shape index (κ3) is 2.29. The first-order valence-electron chi connectivity index (χ1n) is 5.24. The molecule has 2 rings (SSSR count). The van der Waals surface area contributed by atoms with Gasteiger partial charge in [0.2, 0.25) is 0 Å². The molecule has 7 heteroatoms. The van der Waals surface area contributed by atoms with Crippen molar-refractivity contribution in [3.05, 3.63) is 11.3 Å². The molecular weight excluding hydrogens is 244 g/mol. The van der Waals surface area contributed by atoms with Crippen molar-refractivity contribution in [2.75, 3.05) is 37.9 Å². The molecule has 0 radical (unpaired) electrons. The minimum Gasteiger partial charge on any atom is -0.382 e. The van der Waals surface area contributed by atoms with Gasteiger partial charge in [0, 0.05) is 27.3 Å². The Kier molecular flexibility index (Phi) is 3.66. The third-order valence-electron chi connectivity index (χ3n) is 2.92. The van der Waals surface area contributed by atoms with Crippen LogP contribution in [0.1, 0.15) is 0 Å². The number of anilines is 2. The van der Waals surface area contributed by atoms with E-state index in [0.29, 0.717) is 23.9 Å². The Hall–Kier alpha value is -1.11. The molecule has 17 heavy (non-hydrogen) atoms. The van der Waals surface area contributed by atoms with Gasteiger partial charge in [0.05, 0.1) is 0 Å². The minimum absolute atomic E-state index is 0.00672.